The topological polar surface area (TPSA) is 26.7 Å². The molecule has 1 saturated heterocycles. The lowest BCUT2D eigenvalue weighted by molar-refractivity contribution is 0.176. The summed E-state index contributed by atoms with van der Waals surface area (Å²) in [5.74, 6) is 5.84. The van der Waals surface area contributed by atoms with Gasteiger partial charge in [-0.25, -0.2) is 0 Å². The second-order valence-electron chi connectivity index (χ2n) is 5.77. The molecule has 21 heavy (non-hydrogen) atoms. The largest absolute Gasteiger partial charge is 0.384 e. The highest BCUT2D eigenvalue weighted by molar-refractivity contribution is 5.41. The molecule has 1 atom stereocenters. The molecule has 0 spiro atoms. The van der Waals surface area contributed by atoms with Gasteiger partial charge in [0.1, 0.15) is 6.61 Å². The molecule has 0 aromatic heterocycles. The average Bonchev–Trinajstić information content (AvgIpc) is 2.68. The van der Waals surface area contributed by atoms with E-state index in [-0.39, 0.29) is 6.61 Å². The molecule has 3 heteroatoms. The van der Waals surface area contributed by atoms with E-state index in [1.807, 2.05) is 12.1 Å². The van der Waals surface area contributed by atoms with Crippen LogP contribution in [-0.4, -0.2) is 54.2 Å². The number of likely N-dealkylation sites (N-methyl/N-ethyl adjacent to an activating group) is 1. The molecule has 1 unspecified atom stereocenters. The van der Waals surface area contributed by atoms with E-state index in [1.165, 1.54) is 24.9 Å². The van der Waals surface area contributed by atoms with Gasteiger partial charge in [-0.1, -0.05) is 37.0 Å². The predicted octanol–water partition coefficient (Wildman–Crippen LogP) is 1.95. The van der Waals surface area contributed by atoms with Crippen molar-refractivity contribution in [3.05, 3.63) is 35.4 Å². The number of nitrogens with zero attached hydrogens (tertiary/aromatic N) is 2. The number of aliphatic hydroxyl groups excluding tert-OH is 1. The van der Waals surface area contributed by atoms with Crippen LogP contribution in [0.5, 0.6) is 0 Å². The van der Waals surface area contributed by atoms with E-state index in [4.69, 9.17) is 5.11 Å². The summed E-state index contributed by atoms with van der Waals surface area (Å²) in [5.41, 5.74) is 2.31. The molecule has 3 nitrogen and oxygen atoms in total. The number of aliphatic hydroxyl groups is 1. The van der Waals surface area contributed by atoms with Gasteiger partial charge in [-0.15, -0.1) is 0 Å². The van der Waals surface area contributed by atoms with Gasteiger partial charge in [0.25, 0.3) is 0 Å². The minimum Gasteiger partial charge on any atom is -0.384 e. The Morgan fingerprint density at radius 2 is 2.10 bits per heavy atom. The van der Waals surface area contributed by atoms with Crippen LogP contribution >= 0.6 is 0 Å². The second-order valence-corrected chi connectivity index (χ2v) is 5.77. The first-order chi connectivity index (χ1) is 10.2. The first-order valence-corrected chi connectivity index (χ1v) is 7.84. The third-order valence-corrected chi connectivity index (χ3v) is 4.19. The fourth-order valence-electron chi connectivity index (χ4n) is 3.02. The summed E-state index contributed by atoms with van der Waals surface area (Å²) in [4.78, 5) is 5.02. The zero-order chi connectivity index (χ0) is 15.1. The fraction of sp³-hybridized carbons (Fsp3) is 0.556. The number of hydrogen-bond acceptors (Lipinski definition) is 3. The van der Waals surface area contributed by atoms with Crippen LogP contribution in [0, 0.1) is 11.8 Å². The van der Waals surface area contributed by atoms with Crippen molar-refractivity contribution in [2.75, 3.05) is 33.3 Å². The van der Waals surface area contributed by atoms with E-state index < -0.39 is 0 Å². The van der Waals surface area contributed by atoms with Gasteiger partial charge in [0.2, 0.25) is 0 Å². The highest BCUT2D eigenvalue weighted by Crippen LogP contribution is 2.17. The Kier molecular flexibility index (Phi) is 6.25. The van der Waals surface area contributed by atoms with Crippen LogP contribution < -0.4 is 0 Å². The van der Waals surface area contributed by atoms with Gasteiger partial charge in [0.15, 0.2) is 0 Å². The maximum Gasteiger partial charge on any atom is 0.104 e. The van der Waals surface area contributed by atoms with Crippen molar-refractivity contribution in [2.45, 2.75) is 32.4 Å². The lowest BCUT2D eigenvalue weighted by Gasteiger charge is -2.30. The van der Waals surface area contributed by atoms with E-state index in [0.717, 1.165) is 25.2 Å². The molecule has 0 bridgehead atoms. The third kappa shape index (κ3) is 4.57. The Morgan fingerprint density at radius 3 is 2.86 bits per heavy atom. The SMILES string of the molecule is CCC1CN(C)CCCN1Cc1ccccc1C#CCO. The van der Waals surface area contributed by atoms with Crippen LogP contribution in [0.25, 0.3) is 0 Å². The summed E-state index contributed by atoms with van der Waals surface area (Å²) in [5, 5.41) is 8.90. The number of hydrogen-bond donors (Lipinski definition) is 1. The van der Waals surface area contributed by atoms with E-state index in [9.17, 15) is 0 Å². The molecular weight excluding hydrogens is 260 g/mol. The molecule has 2 rings (SSSR count). The van der Waals surface area contributed by atoms with Crippen LogP contribution in [0.1, 0.15) is 30.9 Å². The Bertz CT molecular complexity index is 503. The molecule has 1 aliphatic heterocycles. The van der Waals surface area contributed by atoms with Crippen molar-refractivity contribution in [3.63, 3.8) is 0 Å². The zero-order valence-electron chi connectivity index (χ0n) is 13.2. The molecule has 0 saturated carbocycles. The van der Waals surface area contributed by atoms with E-state index >= 15 is 0 Å². The summed E-state index contributed by atoms with van der Waals surface area (Å²) in [6.45, 7) is 6.60. The van der Waals surface area contributed by atoms with Crippen molar-refractivity contribution < 1.29 is 5.11 Å². The fourth-order valence-corrected chi connectivity index (χ4v) is 3.02. The summed E-state index contributed by atoms with van der Waals surface area (Å²) < 4.78 is 0. The maximum absolute atomic E-state index is 8.90. The molecule has 1 aliphatic rings. The molecule has 1 heterocycles. The summed E-state index contributed by atoms with van der Waals surface area (Å²) in [7, 11) is 2.22. The Hall–Kier alpha value is -1.34. The highest BCUT2D eigenvalue weighted by atomic mass is 16.2. The molecule has 0 aliphatic carbocycles. The van der Waals surface area contributed by atoms with Crippen molar-refractivity contribution in [1.29, 1.82) is 0 Å². The van der Waals surface area contributed by atoms with Crippen LogP contribution in [0.2, 0.25) is 0 Å². The summed E-state index contributed by atoms with van der Waals surface area (Å²) in [6, 6.07) is 8.89. The first-order valence-electron chi connectivity index (χ1n) is 7.84. The first kappa shape index (κ1) is 16.0. The molecule has 114 valence electrons. The van der Waals surface area contributed by atoms with Crippen molar-refractivity contribution in [1.82, 2.24) is 9.80 Å². The number of benzene rings is 1. The maximum atomic E-state index is 8.90. The molecule has 0 amide bonds. The Morgan fingerprint density at radius 1 is 1.29 bits per heavy atom. The van der Waals surface area contributed by atoms with Crippen LogP contribution in [-0.2, 0) is 6.54 Å². The highest BCUT2D eigenvalue weighted by Gasteiger charge is 2.22. The monoisotopic (exact) mass is 286 g/mol. The van der Waals surface area contributed by atoms with Gasteiger partial charge in [-0.3, -0.25) is 4.90 Å². The molecule has 1 aromatic rings. The molecule has 1 aromatic carbocycles. The van der Waals surface area contributed by atoms with E-state index in [2.05, 4.69) is 47.7 Å². The molecular formula is C18H26N2O. The smallest absolute Gasteiger partial charge is 0.104 e. The van der Waals surface area contributed by atoms with Gasteiger partial charge in [0, 0.05) is 31.2 Å². The van der Waals surface area contributed by atoms with Crippen LogP contribution in [0.15, 0.2) is 24.3 Å². The predicted molar refractivity (Wildman–Crippen MR) is 87.0 cm³/mol. The van der Waals surface area contributed by atoms with Crippen molar-refractivity contribution >= 4 is 0 Å². The Labute approximate surface area is 128 Å². The quantitative estimate of drug-likeness (QED) is 0.860. The minimum absolute atomic E-state index is 0.0829. The van der Waals surface area contributed by atoms with Crippen LogP contribution in [0.3, 0.4) is 0 Å². The lowest BCUT2D eigenvalue weighted by atomic mass is 10.1. The molecule has 1 N–H and O–H groups in total. The Balaban J connectivity index is 2.16. The number of rotatable bonds is 3. The van der Waals surface area contributed by atoms with Gasteiger partial charge in [-0.2, -0.15) is 0 Å². The van der Waals surface area contributed by atoms with Crippen molar-refractivity contribution in [2.24, 2.45) is 0 Å². The average molecular weight is 286 g/mol. The minimum atomic E-state index is -0.0829. The second kappa shape index (κ2) is 8.19. The summed E-state index contributed by atoms with van der Waals surface area (Å²) in [6.07, 6.45) is 2.40. The summed E-state index contributed by atoms with van der Waals surface area (Å²) >= 11 is 0. The van der Waals surface area contributed by atoms with E-state index in [0.29, 0.717) is 6.04 Å². The zero-order valence-corrected chi connectivity index (χ0v) is 13.2. The molecule has 0 radical (unpaired) electrons. The normalized spacial score (nSPS) is 20.6. The van der Waals surface area contributed by atoms with Gasteiger partial charge in [0.05, 0.1) is 0 Å². The van der Waals surface area contributed by atoms with Crippen LogP contribution in [0.4, 0.5) is 0 Å². The van der Waals surface area contributed by atoms with Crippen molar-refractivity contribution in [3.8, 4) is 11.8 Å². The molecule has 1 fully saturated rings. The lowest BCUT2D eigenvalue weighted by Crippen LogP contribution is -2.39. The van der Waals surface area contributed by atoms with E-state index in [1.54, 1.807) is 0 Å². The van der Waals surface area contributed by atoms with Gasteiger partial charge < -0.3 is 10.0 Å². The van der Waals surface area contributed by atoms with Gasteiger partial charge >= 0.3 is 0 Å². The third-order valence-electron chi connectivity index (χ3n) is 4.19. The van der Waals surface area contributed by atoms with Gasteiger partial charge in [-0.05, 0) is 38.1 Å². The standard InChI is InChI=1S/C18H26N2O/c1-3-18-15-19(2)11-7-12-20(18)14-17-9-5-4-8-16(17)10-6-13-21/h4-5,8-9,18,21H,3,7,11-15H2,1-2H3.